The quantitative estimate of drug-likeness (QED) is 0.862. The third-order valence-corrected chi connectivity index (χ3v) is 4.95. The van der Waals surface area contributed by atoms with Crippen molar-refractivity contribution in [1.82, 2.24) is 0 Å². The summed E-state index contributed by atoms with van der Waals surface area (Å²) in [6.07, 6.45) is 3.22. The minimum atomic E-state index is -0.949. The van der Waals surface area contributed by atoms with E-state index in [1.165, 1.54) is 0 Å². The largest absolute Gasteiger partial charge is 0.468 e. The Morgan fingerprint density at radius 2 is 2.22 bits per heavy atom. The molecule has 0 radical (unpaired) electrons. The Balaban J connectivity index is 2.04. The molecule has 0 amide bonds. The maximum absolute atomic E-state index is 12.9. The van der Waals surface area contributed by atoms with E-state index in [-0.39, 0.29) is 11.8 Å². The van der Waals surface area contributed by atoms with Crippen LogP contribution in [0.15, 0.2) is 29.3 Å². The Labute approximate surface area is 141 Å². The first-order valence-electron chi connectivity index (χ1n) is 8.10. The number of hydrogen-bond donors (Lipinski definition) is 2. The highest BCUT2D eigenvalue weighted by Crippen LogP contribution is 2.44. The molecule has 2 aliphatic rings. The molecule has 1 aliphatic heterocycles. The van der Waals surface area contributed by atoms with Crippen LogP contribution >= 0.6 is 11.6 Å². The number of ether oxygens (including phenoxy) is 1. The molecule has 1 aromatic rings. The van der Waals surface area contributed by atoms with Gasteiger partial charge in [0.1, 0.15) is 0 Å². The first-order valence-corrected chi connectivity index (χ1v) is 8.47. The third-order valence-electron chi connectivity index (χ3n) is 4.62. The fraction of sp³-hybridized carbons (Fsp3) is 0.529. The van der Waals surface area contributed by atoms with E-state index >= 15 is 0 Å². The third kappa shape index (κ3) is 2.89. The summed E-state index contributed by atoms with van der Waals surface area (Å²) in [5.41, 5.74) is 11.6. The van der Waals surface area contributed by atoms with Gasteiger partial charge >= 0.3 is 0 Å². The number of carbonyl (C=O) groups excluding carboxylic acids is 1. The van der Waals surface area contributed by atoms with Crippen LogP contribution in [0.25, 0.3) is 0 Å². The molecule has 1 aliphatic carbocycles. The SMILES string of the molecule is NCCCC(N)C1=NC2(c3ccccc3Cl)CCC[C@H](O1)C2=O. The summed E-state index contributed by atoms with van der Waals surface area (Å²) in [6.45, 7) is 0.568. The van der Waals surface area contributed by atoms with Gasteiger partial charge in [-0.15, -0.1) is 0 Å². The van der Waals surface area contributed by atoms with Crippen molar-refractivity contribution in [3.63, 3.8) is 0 Å². The van der Waals surface area contributed by atoms with Crippen molar-refractivity contribution in [3.8, 4) is 0 Å². The summed E-state index contributed by atoms with van der Waals surface area (Å²) in [6, 6.07) is 7.06. The number of rotatable bonds is 5. The van der Waals surface area contributed by atoms with E-state index in [1.54, 1.807) is 6.07 Å². The second kappa shape index (κ2) is 6.59. The van der Waals surface area contributed by atoms with Crippen LogP contribution in [-0.2, 0) is 15.1 Å². The highest BCUT2D eigenvalue weighted by atomic mass is 35.5. The number of nitrogens with zero attached hydrogens (tertiary/aromatic N) is 1. The lowest BCUT2D eigenvalue weighted by molar-refractivity contribution is -0.137. The van der Waals surface area contributed by atoms with Crippen LogP contribution in [-0.4, -0.2) is 30.4 Å². The van der Waals surface area contributed by atoms with E-state index in [4.69, 9.17) is 32.8 Å². The molecule has 2 unspecified atom stereocenters. The molecule has 3 atom stereocenters. The molecular weight excluding hydrogens is 314 g/mol. The monoisotopic (exact) mass is 335 g/mol. The summed E-state index contributed by atoms with van der Waals surface area (Å²) in [5.74, 6) is 0.453. The lowest BCUT2D eigenvalue weighted by atomic mass is 9.73. The molecule has 1 fully saturated rings. The van der Waals surface area contributed by atoms with Crippen molar-refractivity contribution in [2.75, 3.05) is 6.54 Å². The Morgan fingerprint density at radius 1 is 1.43 bits per heavy atom. The van der Waals surface area contributed by atoms with Gasteiger partial charge in [-0.25, -0.2) is 4.99 Å². The van der Waals surface area contributed by atoms with Gasteiger partial charge in [-0.2, -0.15) is 0 Å². The van der Waals surface area contributed by atoms with E-state index < -0.39 is 11.6 Å². The normalized spacial score (nSPS) is 28.0. The van der Waals surface area contributed by atoms with Crippen LogP contribution in [0.4, 0.5) is 0 Å². The van der Waals surface area contributed by atoms with E-state index in [0.717, 1.165) is 18.4 Å². The predicted octanol–water partition coefficient (Wildman–Crippen LogP) is 2.15. The van der Waals surface area contributed by atoms with Crippen molar-refractivity contribution < 1.29 is 9.53 Å². The molecule has 0 aromatic heterocycles. The highest BCUT2D eigenvalue weighted by Gasteiger charge is 2.52. The van der Waals surface area contributed by atoms with E-state index in [9.17, 15) is 4.79 Å². The smallest absolute Gasteiger partial charge is 0.205 e. The second-order valence-electron chi connectivity index (χ2n) is 6.19. The Morgan fingerprint density at radius 3 is 2.96 bits per heavy atom. The topological polar surface area (TPSA) is 90.7 Å². The van der Waals surface area contributed by atoms with Gasteiger partial charge in [-0.1, -0.05) is 29.8 Å². The van der Waals surface area contributed by atoms with E-state index in [2.05, 4.69) is 0 Å². The zero-order valence-electron chi connectivity index (χ0n) is 13.0. The van der Waals surface area contributed by atoms with Crippen LogP contribution in [0.1, 0.15) is 37.7 Å². The molecule has 1 heterocycles. The van der Waals surface area contributed by atoms with Gasteiger partial charge in [0.05, 0.1) is 6.04 Å². The van der Waals surface area contributed by atoms with Gasteiger partial charge in [0, 0.05) is 10.6 Å². The number of aliphatic imine (C=N–C) groups is 1. The number of halogens is 1. The number of nitrogens with two attached hydrogens (primary N) is 2. The Kier molecular flexibility index (Phi) is 4.71. The molecule has 23 heavy (non-hydrogen) atoms. The zero-order chi connectivity index (χ0) is 16.4. The maximum atomic E-state index is 12.9. The molecule has 3 rings (SSSR count). The van der Waals surface area contributed by atoms with Crippen LogP contribution in [0.5, 0.6) is 0 Å². The Hall–Kier alpha value is -1.43. The van der Waals surface area contributed by atoms with Crippen LogP contribution < -0.4 is 11.5 Å². The molecule has 1 aromatic carbocycles. The van der Waals surface area contributed by atoms with Gasteiger partial charge in [0.25, 0.3) is 0 Å². The van der Waals surface area contributed by atoms with Crippen LogP contribution in [0.3, 0.4) is 0 Å². The molecule has 2 bridgehead atoms. The first-order chi connectivity index (χ1) is 11.1. The molecule has 5 nitrogen and oxygen atoms in total. The highest BCUT2D eigenvalue weighted by molar-refractivity contribution is 6.32. The molecule has 6 heteroatoms. The fourth-order valence-electron chi connectivity index (χ4n) is 3.40. The molecule has 1 saturated carbocycles. The lowest BCUT2D eigenvalue weighted by Crippen LogP contribution is -2.54. The fourth-order valence-corrected chi connectivity index (χ4v) is 3.70. The maximum Gasteiger partial charge on any atom is 0.205 e. The lowest BCUT2D eigenvalue weighted by Gasteiger charge is -2.42. The average molecular weight is 336 g/mol. The number of carbonyl (C=O) groups is 1. The number of ketones is 1. The Bertz CT molecular complexity index is 634. The summed E-state index contributed by atoms with van der Waals surface area (Å²) in [4.78, 5) is 17.6. The van der Waals surface area contributed by atoms with Gasteiger partial charge in [0.15, 0.2) is 11.6 Å². The van der Waals surface area contributed by atoms with Gasteiger partial charge in [-0.05, 0) is 44.7 Å². The number of Topliss-reactive ketones (excluding diaryl/α,β-unsaturated/α-hetero) is 1. The average Bonchev–Trinajstić information content (AvgIpc) is 2.53. The van der Waals surface area contributed by atoms with Gasteiger partial charge in [0.2, 0.25) is 11.7 Å². The van der Waals surface area contributed by atoms with Crippen molar-refractivity contribution in [3.05, 3.63) is 34.9 Å². The number of benzene rings is 1. The van der Waals surface area contributed by atoms with Gasteiger partial charge in [-0.3, -0.25) is 4.79 Å². The number of fused-ring (bicyclic) bond motifs is 2. The van der Waals surface area contributed by atoms with Crippen molar-refractivity contribution in [1.29, 1.82) is 0 Å². The molecule has 0 spiro atoms. The summed E-state index contributed by atoms with van der Waals surface area (Å²) < 4.78 is 5.81. The number of hydrogen-bond acceptors (Lipinski definition) is 5. The van der Waals surface area contributed by atoms with Crippen molar-refractivity contribution >= 4 is 23.3 Å². The zero-order valence-corrected chi connectivity index (χ0v) is 13.8. The summed E-state index contributed by atoms with van der Waals surface area (Å²) >= 11 is 6.36. The van der Waals surface area contributed by atoms with E-state index in [1.807, 2.05) is 18.2 Å². The standard InChI is InChI=1S/C17H22ClN3O2/c18-12-6-2-1-5-11(12)17-9-3-8-14(15(17)22)23-16(21-17)13(20)7-4-10-19/h1-2,5-6,13-14H,3-4,7-10,19-20H2/t13?,14-,17?/m0/s1. The molecule has 124 valence electrons. The summed E-state index contributed by atoms with van der Waals surface area (Å²) in [5, 5.41) is 0.557. The molecule has 4 N–H and O–H groups in total. The first kappa shape index (κ1) is 16.4. The van der Waals surface area contributed by atoms with Crippen molar-refractivity contribution in [2.45, 2.75) is 49.8 Å². The van der Waals surface area contributed by atoms with Crippen LogP contribution in [0.2, 0.25) is 5.02 Å². The second-order valence-corrected chi connectivity index (χ2v) is 6.60. The minimum Gasteiger partial charge on any atom is -0.468 e. The predicted molar refractivity (Wildman–Crippen MR) is 90.6 cm³/mol. The molecule has 0 saturated heterocycles. The molecular formula is C17H22ClN3O2. The van der Waals surface area contributed by atoms with Gasteiger partial charge < -0.3 is 16.2 Å². The van der Waals surface area contributed by atoms with E-state index in [0.29, 0.717) is 36.7 Å². The minimum absolute atomic E-state index is 0.00775. The van der Waals surface area contributed by atoms with Crippen LogP contribution in [0, 0.1) is 0 Å². The summed E-state index contributed by atoms with van der Waals surface area (Å²) in [7, 11) is 0. The van der Waals surface area contributed by atoms with Crippen molar-refractivity contribution in [2.24, 2.45) is 16.5 Å².